The summed E-state index contributed by atoms with van der Waals surface area (Å²) in [6, 6.07) is 8.04. The number of rotatable bonds is 4. The van der Waals surface area contributed by atoms with Crippen molar-refractivity contribution in [2.24, 2.45) is 0 Å². The number of phenols is 2. The van der Waals surface area contributed by atoms with Crippen LogP contribution < -0.4 is 0 Å². The Labute approximate surface area is 143 Å². The summed E-state index contributed by atoms with van der Waals surface area (Å²) in [5.74, 6) is 1.18. The zero-order valence-electron chi connectivity index (χ0n) is 14.8. The lowest BCUT2D eigenvalue weighted by Gasteiger charge is -2.18. The molecule has 0 heterocycles. The van der Waals surface area contributed by atoms with Crippen LogP contribution in [0.1, 0.15) is 61.8 Å². The van der Waals surface area contributed by atoms with Gasteiger partial charge in [-0.1, -0.05) is 63.7 Å². The van der Waals surface area contributed by atoms with Gasteiger partial charge < -0.3 is 10.2 Å². The summed E-state index contributed by atoms with van der Waals surface area (Å²) in [6.45, 7) is 12.3. The second-order valence-corrected chi connectivity index (χ2v) is 7.73. The molecule has 0 saturated carbocycles. The van der Waals surface area contributed by atoms with E-state index in [-0.39, 0.29) is 11.8 Å². The van der Waals surface area contributed by atoms with Crippen molar-refractivity contribution >= 4 is 11.8 Å². The predicted octanol–water partition coefficient (Wildman–Crippen LogP) is 6.11. The topological polar surface area (TPSA) is 40.5 Å². The van der Waals surface area contributed by atoms with Crippen molar-refractivity contribution in [3.8, 4) is 11.5 Å². The van der Waals surface area contributed by atoms with Crippen molar-refractivity contribution in [1.29, 1.82) is 0 Å². The Morgan fingerprint density at radius 3 is 1.35 bits per heavy atom. The van der Waals surface area contributed by atoms with Crippen molar-refractivity contribution in [2.75, 3.05) is 0 Å². The summed E-state index contributed by atoms with van der Waals surface area (Å²) in [4.78, 5) is 1.66. The summed E-state index contributed by atoms with van der Waals surface area (Å²) in [5.41, 5.74) is 3.92. The normalized spacial score (nSPS) is 11.5. The number of aryl methyl sites for hydroxylation is 2. The summed E-state index contributed by atoms with van der Waals surface area (Å²) in [7, 11) is 0. The Morgan fingerprint density at radius 1 is 0.696 bits per heavy atom. The second-order valence-electron chi connectivity index (χ2n) is 6.71. The molecule has 0 saturated heterocycles. The lowest BCUT2D eigenvalue weighted by atomic mass is 10.0. The standard InChI is InChI=1S/C20H26O2S/c1-11(2)15-9-7-13(5)19(17(15)21)23-20-14(6)8-10-16(12(3)4)18(20)22/h7-12,21-22H,1-6H3. The molecule has 2 aromatic carbocycles. The summed E-state index contributed by atoms with van der Waals surface area (Å²) in [5, 5.41) is 21.3. The average Bonchev–Trinajstić information content (AvgIpc) is 2.45. The van der Waals surface area contributed by atoms with Gasteiger partial charge in [-0.25, -0.2) is 0 Å². The predicted molar refractivity (Wildman–Crippen MR) is 98.0 cm³/mol. The molecule has 0 unspecified atom stereocenters. The third kappa shape index (κ3) is 3.50. The first-order valence-corrected chi connectivity index (χ1v) is 8.88. The highest BCUT2D eigenvalue weighted by Gasteiger charge is 2.19. The molecule has 0 radical (unpaired) electrons. The van der Waals surface area contributed by atoms with E-state index in [0.29, 0.717) is 11.5 Å². The lowest BCUT2D eigenvalue weighted by molar-refractivity contribution is 0.448. The van der Waals surface area contributed by atoms with Crippen LogP contribution in [0.25, 0.3) is 0 Å². The van der Waals surface area contributed by atoms with Gasteiger partial charge in [0.05, 0.1) is 9.79 Å². The van der Waals surface area contributed by atoms with E-state index >= 15 is 0 Å². The van der Waals surface area contributed by atoms with Crippen LogP contribution in [0.5, 0.6) is 11.5 Å². The van der Waals surface area contributed by atoms with Gasteiger partial charge in [0.1, 0.15) is 11.5 Å². The van der Waals surface area contributed by atoms with E-state index in [2.05, 4.69) is 27.7 Å². The summed E-state index contributed by atoms with van der Waals surface area (Å²) >= 11 is 1.46. The highest BCUT2D eigenvalue weighted by atomic mass is 32.2. The molecule has 2 nitrogen and oxygen atoms in total. The highest BCUT2D eigenvalue weighted by Crippen LogP contribution is 2.46. The summed E-state index contributed by atoms with van der Waals surface area (Å²) < 4.78 is 0. The molecule has 124 valence electrons. The van der Waals surface area contributed by atoms with Crippen LogP contribution in [0.3, 0.4) is 0 Å². The van der Waals surface area contributed by atoms with Gasteiger partial charge >= 0.3 is 0 Å². The fraction of sp³-hybridized carbons (Fsp3) is 0.400. The van der Waals surface area contributed by atoms with Crippen LogP contribution in [0.4, 0.5) is 0 Å². The van der Waals surface area contributed by atoms with Gasteiger partial charge in [0, 0.05) is 0 Å². The van der Waals surface area contributed by atoms with Crippen LogP contribution in [0, 0.1) is 13.8 Å². The van der Waals surface area contributed by atoms with E-state index in [1.807, 2.05) is 38.1 Å². The van der Waals surface area contributed by atoms with Gasteiger partial charge in [-0.3, -0.25) is 0 Å². The fourth-order valence-corrected chi connectivity index (χ4v) is 3.76. The van der Waals surface area contributed by atoms with E-state index in [1.165, 1.54) is 11.8 Å². The zero-order valence-corrected chi connectivity index (χ0v) is 15.6. The maximum absolute atomic E-state index is 10.7. The minimum Gasteiger partial charge on any atom is -0.506 e. The number of hydrogen-bond donors (Lipinski definition) is 2. The van der Waals surface area contributed by atoms with E-state index in [0.717, 1.165) is 32.0 Å². The van der Waals surface area contributed by atoms with Crippen LogP contribution in [0.2, 0.25) is 0 Å². The first-order valence-electron chi connectivity index (χ1n) is 8.06. The van der Waals surface area contributed by atoms with Crippen molar-refractivity contribution in [2.45, 2.75) is 63.2 Å². The molecule has 2 N–H and O–H groups in total. The molecule has 0 atom stereocenters. The largest absolute Gasteiger partial charge is 0.506 e. The van der Waals surface area contributed by atoms with Gasteiger partial charge in [0.25, 0.3) is 0 Å². The molecule has 0 bridgehead atoms. The van der Waals surface area contributed by atoms with Crippen molar-refractivity contribution in [1.82, 2.24) is 0 Å². The first-order chi connectivity index (χ1) is 10.7. The zero-order chi connectivity index (χ0) is 17.3. The van der Waals surface area contributed by atoms with Crippen LogP contribution in [-0.2, 0) is 0 Å². The minimum absolute atomic E-state index is 0.256. The number of phenolic OH excluding ortho intramolecular Hbond substituents is 2. The second kappa shape index (κ2) is 6.88. The molecule has 2 rings (SSSR count). The highest BCUT2D eigenvalue weighted by molar-refractivity contribution is 7.99. The van der Waals surface area contributed by atoms with Gasteiger partial charge in [-0.05, 0) is 47.9 Å². The molecule has 3 heteroatoms. The van der Waals surface area contributed by atoms with Crippen molar-refractivity contribution in [3.63, 3.8) is 0 Å². The SMILES string of the molecule is Cc1ccc(C(C)C)c(O)c1Sc1c(C)ccc(C(C)C)c1O. The Hall–Kier alpha value is -1.61. The van der Waals surface area contributed by atoms with Crippen LogP contribution in [-0.4, -0.2) is 10.2 Å². The monoisotopic (exact) mass is 330 g/mol. The van der Waals surface area contributed by atoms with Crippen LogP contribution >= 0.6 is 11.8 Å². The fourth-order valence-electron chi connectivity index (χ4n) is 2.67. The van der Waals surface area contributed by atoms with Gasteiger partial charge in [-0.2, -0.15) is 0 Å². The number of benzene rings is 2. The molecule has 0 aliphatic heterocycles. The van der Waals surface area contributed by atoms with Gasteiger partial charge in [0.2, 0.25) is 0 Å². The number of aromatic hydroxyl groups is 2. The lowest BCUT2D eigenvalue weighted by Crippen LogP contribution is -1.94. The molecule has 0 spiro atoms. The molecule has 23 heavy (non-hydrogen) atoms. The van der Waals surface area contributed by atoms with E-state index < -0.39 is 0 Å². The molecular formula is C20H26O2S. The Bertz CT molecular complexity index is 657. The van der Waals surface area contributed by atoms with E-state index in [9.17, 15) is 10.2 Å². The van der Waals surface area contributed by atoms with Gasteiger partial charge in [-0.15, -0.1) is 0 Å². The molecule has 2 aromatic rings. The Balaban J connectivity index is 2.56. The maximum Gasteiger partial charge on any atom is 0.133 e. The molecule has 0 aliphatic carbocycles. The smallest absolute Gasteiger partial charge is 0.133 e. The van der Waals surface area contributed by atoms with Crippen LogP contribution in [0.15, 0.2) is 34.1 Å². The Kier molecular flexibility index (Phi) is 5.30. The molecule has 0 amide bonds. The maximum atomic E-state index is 10.7. The number of hydrogen-bond acceptors (Lipinski definition) is 3. The van der Waals surface area contributed by atoms with Crippen molar-refractivity contribution in [3.05, 3.63) is 46.5 Å². The average molecular weight is 330 g/mol. The minimum atomic E-state index is 0.256. The first kappa shape index (κ1) is 17.7. The third-order valence-electron chi connectivity index (χ3n) is 4.17. The molecule has 0 fully saturated rings. The van der Waals surface area contributed by atoms with E-state index in [1.54, 1.807) is 0 Å². The molecule has 0 aromatic heterocycles. The third-order valence-corrected chi connectivity index (χ3v) is 5.61. The van der Waals surface area contributed by atoms with E-state index in [4.69, 9.17) is 0 Å². The Morgan fingerprint density at radius 2 is 1.04 bits per heavy atom. The molecule has 0 aliphatic rings. The summed E-state index contributed by atoms with van der Waals surface area (Å²) in [6.07, 6.45) is 0. The quantitative estimate of drug-likeness (QED) is 0.710. The molecular weight excluding hydrogens is 304 g/mol. The van der Waals surface area contributed by atoms with Crippen molar-refractivity contribution < 1.29 is 10.2 Å². The van der Waals surface area contributed by atoms with Gasteiger partial charge in [0.15, 0.2) is 0 Å².